The van der Waals surface area contributed by atoms with Crippen LogP contribution in [0.3, 0.4) is 0 Å². The van der Waals surface area contributed by atoms with Crippen molar-refractivity contribution in [2.75, 3.05) is 13.2 Å². The third-order valence-electron chi connectivity index (χ3n) is 3.82. The first-order chi connectivity index (χ1) is 7.70. The molecule has 1 unspecified atom stereocenters. The van der Waals surface area contributed by atoms with Crippen LogP contribution in [0.2, 0.25) is 0 Å². The zero-order valence-corrected chi connectivity index (χ0v) is 9.84. The Morgan fingerprint density at radius 2 is 2.12 bits per heavy atom. The smallest absolute Gasteiger partial charge is 0.231 e. The molecule has 0 aromatic rings. The maximum absolute atomic E-state index is 10.7. The average molecular weight is 226 g/mol. The number of nitrogens with one attached hydrogen (secondary N) is 1. The summed E-state index contributed by atoms with van der Waals surface area (Å²) in [7, 11) is 0. The third-order valence-corrected chi connectivity index (χ3v) is 3.82. The fourth-order valence-electron chi connectivity index (χ4n) is 2.99. The molecule has 1 spiro atoms. The van der Waals surface area contributed by atoms with Gasteiger partial charge in [-0.1, -0.05) is 19.3 Å². The van der Waals surface area contributed by atoms with Gasteiger partial charge in [-0.05, 0) is 25.7 Å². The summed E-state index contributed by atoms with van der Waals surface area (Å²) < 4.78 is 5.99. The van der Waals surface area contributed by atoms with Gasteiger partial charge >= 0.3 is 0 Å². The van der Waals surface area contributed by atoms with Crippen LogP contribution in [-0.2, 0) is 9.53 Å². The van der Waals surface area contributed by atoms with Gasteiger partial charge in [-0.15, -0.1) is 0 Å². The Hall–Kier alpha value is -0.610. The summed E-state index contributed by atoms with van der Waals surface area (Å²) >= 11 is 0. The zero-order chi connectivity index (χ0) is 11.4. The van der Waals surface area contributed by atoms with E-state index in [2.05, 4.69) is 5.32 Å². The number of hydrogen-bond donors (Lipinski definition) is 2. The lowest BCUT2D eigenvalue weighted by molar-refractivity contribution is -0.120. The minimum Gasteiger partial charge on any atom is -0.375 e. The normalized spacial score (nSPS) is 29.1. The van der Waals surface area contributed by atoms with Gasteiger partial charge in [0.2, 0.25) is 5.91 Å². The molecule has 1 aliphatic carbocycles. The Morgan fingerprint density at radius 1 is 1.38 bits per heavy atom. The minimum absolute atomic E-state index is 0.103. The average Bonchev–Trinajstić information content (AvgIpc) is 2.28. The summed E-state index contributed by atoms with van der Waals surface area (Å²) in [6, 6.07) is 0.402. The molecule has 4 nitrogen and oxygen atoms in total. The van der Waals surface area contributed by atoms with Gasteiger partial charge in [-0.25, -0.2) is 0 Å². The minimum atomic E-state index is -0.274. The molecule has 1 heterocycles. The molecular formula is C12H22N2O2. The standard InChI is InChI=1S/C12H22N2O2/c13-11(15)9-14-10-4-7-16-12(8-10)5-2-1-3-6-12/h10,14H,1-9H2,(H2,13,15). The fraction of sp³-hybridized carbons (Fsp3) is 0.917. The molecule has 16 heavy (non-hydrogen) atoms. The number of primary amides is 1. The summed E-state index contributed by atoms with van der Waals surface area (Å²) in [5.41, 5.74) is 5.25. The van der Waals surface area contributed by atoms with E-state index in [1.807, 2.05) is 0 Å². The topological polar surface area (TPSA) is 64.4 Å². The Kier molecular flexibility index (Phi) is 3.82. The summed E-state index contributed by atoms with van der Waals surface area (Å²) in [5, 5.41) is 3.24. The van der Waals surface area contributed by atoms with E-state index in [0.29, 0.717) is 12.6 Å². The highest BCUT2D eigenvalue weighted by Crippen LogP contribution is 2.38. The molecule has 2 rings (SSSR count). The SMILES string of the molecule is NC(=O)CNC1CCOC2(CCCCC2)C1. The molecule has 1 aliphatic heterocycles. The van der Waals surface area contributed by atoms with Crippen LogP contribution in [0.1, 0.15) is 44.9 Å². The highest BCUT2D eigenvalue weighted by atomic mass is 16.5. The maximum Gasteiger partial charge on any atom is 0.231 e. The largest absolute Gasteiger partial charge is 0.375 e. The van der Waals surface area contributed by atoms with Crippen molar-refractivity contribution < 1.29 is 9.53 Å². The van der Waals surface area contributed by atoms with Crippen LogP contribution in [0, 0.1) is 0 Å². The molecule has 0 aromatic heterocycles. The quantitative estimate of drug-likeness (QED) is 0.753. The predicted octanol–water partition coefficient (Wildman–Crippen LogP) is 0.943. The van der Waals surface area contributed by atoms with Gasteiger partial charge < -0.3 is 15.8 Å². The second-order valence-electron chi connectivity index (χ2n) is 5.13. The third kappa shape index (κ3) is 2.95. The second-order valence-corrected chi connectivity index (χ2v) is 5.13. The van der Waals surface area contributed by atoms with E-state index in [-0.39, 0.29) is 11.5 Å². The molecule has 3 N–H and O–H groups in total. The molecule has 1 saturated carbocycles. The highest BCUT2D eigenvalue weighted by Gasteiger charge is 2.38. The Balaban J connectivity index is 1.85. The number of rotatable bonds is 3. The first kappa shape index (κ1) is 11.9. The lowest BCUT2D eigenvalue weighted by atomic mass is 9.78. The van der Waals surface area contributed by atoms with Crippen LogP contribution in [-0.4, -0.2) is 30.7 Å². The van der Waals surface area contributed by atoms with Gasteiger partial charge in [0.15, 0.2) is 0 Å². The fourth-order valence-corrected chi connectivity index (χ4v) is 2.99. The van der Waals surface area contributed by atoms with Gasteiger partial charge in [0.05, 0.1) is 12.1 Å². The van der Waals surface area contributed by atoms with E-state index in [1.54, 1.807) is 0 Å². The molecule has 1 amide bonds. The van der Waals surface area contributed by atoms with Gasteiger partial charge in [0.25, 0.3) is 0 Å². The molecule has 1 saturated heterocycles. The van der Waals surface area contributed by atoms with E-state index in [9.17, 15) is 4.79 Å². The second kappa shape index (κ2) is 5.15. The molecule has 0 aromatic carbocycles. The van der Waals surface area contributed by atoms with E-state index in [4.69, 9.17) is 10.5 Å². The van der Waals surface area contributed by atoms with Gasteiger partial charge in [-0.2, -0.15) is 0 Å². The Morgan fingerprint density at radius 3 is 2.81 bits per heavy atom. The maximum atomic E-state index is 10.7. The van der Waals surface area contributed by atoms with Crippen LogP contribution in [0.25, 0.3) is 0 Å². The first-order valence-electron chi connectivity index (χ1n) is 6.36. The number of hydrogen-bond acceptors (Lipinski definition) is 3. The zero-order valence-electron chi connectivity index (χ0n) is 9.84. The predicted molar refractivity (Wildman–Crippen MR) is 62.0 cm³/mol. The van der Waals surface area contributed by atoms with Crippen LogP contribution in [0.4, 0.5) is 0 Å². The van der Waals surface area contributed by atoms with Crippen molar-refractivity contribution >= 4 is 5.91 Å². The Labute approximate surface area is 96.9 Å². The number of carbonyl (C=O) groups is 1. The van der Waals surface area contributed by atoms with E-state index in [1.165, 1.54) is 32.1 Å². The molecule has 0 bridgehead atoms. The summed E-state index contributed by atoms with van der Waals surface area (Å²) in [6.45, 7) is 1.11. The molecule has 92 valence electrons. The summed E-state index contributed by atoms with van der Waals surface area (Å²) in [6.07, 6.45) is 8.30. The highest BCUT2D eigenvalue weighted by molar-refractivity contribution is 5.75. The Bertz CT molecular complexity index is 244. The van der Waals surface area contributed by atoms with Crippen molar-refractivity contribution in [2.24, 2.45) is 5.73 Å². The van der Waals surface area contributed by atoms with Gasteiger partial charge in [-0.3, -0.25) is 4.79 Å². The van der Waals surface area contributed by atoms with Crippen molar-refractivity contribution in [3.05, 3.63) is 0 Å². The number of amides is 1. The number of ether oxygens (including phenoxy) is 1. The number of nitrogens with two attached hydrogens (primary N) is 1. The van der Waals surface area contributed by atoms with Crippen molar-refractivity contribution in [1.82, 2.24) is 5.32 Å². The van der Waals surface area contributed by atoms with Crippen molar-refractivity contribution in [1.29, 1.82) is 0 Å². The van der Waals surface area contributed by atoms with Crippen molar-refractivity contribution in [3.8, 4) is 0 Å². The molecule has 2 aliphatic rings. The van der Waals surface area contributed by atoms with E-state index in [0.717, 1.165) is 19.4 Å². The molecular weight excluding hydrogens is 204 g/mol. The number of carbonyl (C=O) groups excluding carboxylic acids is 1. The lowest BCUT2D eigenvalue weighted by Crippen LogP contribution is -2.49. The summed E-state index contributed by atoms with van der Waals surface area (Å²) in [5.74, 6) is -0.274. The van der Waals surface area contributed by atoms with Crippen molar-refractivity contribution in [2.45, 2.75) is 56.6 Å². The van der Waals surface area contributed by atoms with Crippen LogP contribution in [0.5, 0.6) is 0 Å². The molecule has 4 heteroatoms. The van der Waals surface area contributed by atoms with Gasteiger partial charge in [0, 0.05) is 12.6 Å². The molecule has 0 radical (unpaired) electrons. The van der Waals surface area contributed by atoms with Crippen molar-refractivity contribution in [3.63, 3.8) is 0 Å². The van der Waals surface area contributed by atoms with E-state index < -0.39 is 0 Å². The molecule has 2 fully saturated rings. The molecule has 1 atom stereocenters. The van der Waals surface area contributed by atoms with Gasteiger partial charge in [0.1, 0.15) is 0 Å². The van der Waals surface area contributed by atoms with Crippen LogP contribution >= 0.6 is 0 Å². The lowest BCUT2D eigenvalue weighted by Gasteiger charge is -2.43. The monoisotopic (exact) mass is 226 g/mol. The van der Waals surface area contributed by atoms with Crippen LogP contribution in [0.15, 0.2) is 0 Å². The first-order valence-corrected chi connectivity index (χ1v) is 6.36. The van der Waals surface area contributed by atoms with Crippen LogP contribution < -0.4 is 11.1 Å². The summed E-state index contributed by atoms with van der Waals surface area (Å²) in [4.78, 5) is 10.7. The van der Waals surface area contributed by atoms with E-state index >= 15 is 0 Å².